The zero-order valence-electron chi connectivity index (χ0n) is 8.27. The highest BCUT2D eigenvalue weighted by atomic mass is 32.1. The minimum absolute atomic E-state index is 0.0620. The molecule has 0 amide bonds. The molecule has 16 heavy (non-hydrogen) atoms. The van der Waals surface area contributed by atoms with Gasteiger partial charge in [-0.2, -0.15) is 13.2 Å². The highest BCUT2D eigenvalue weighted by molar-refractivity contribution is 7.11. The molecule has 0 bridgehead atoms. The van der Waals surface area contributed by atoms with Gasteiger partial charge < -0.3 is 5.32 Å². The van der Waals surface area contributed by atoms with Crippen LogP contribution in [0.25, 0.3) is 0 Å². The minimum Gasteiger partial charge on any atom is -0.313 e. The van der Waals surface area contributed by atoms with Gasteiger partial charge in [-0.1, -0.05) is 0 Å². The van der Waals surface area contributed by atoms with Crippen LogP contribution in [0.2, 0.25) is 0 Å². The third-order valence-electron chi connectivity index (χ3n) is 2.52. The zero-order chi connectivity index (χ0) is 11.8. The van der Waals surface area contributed by atoms with E-state index >= 15 is 0 Å². The quantitative estimate of drug-likeness (QED) is 0.779. The second kappa shape index (κ2) is 3.96. The number of thiazole rings is 1. The van der Waals surface area contributed by atoms with Crippen LogP contribution in [0, 0.1) is 0 Å². The van der Waals surface area contributed by atoms with Crippen molar-refractivity contribution < 1.29 is 17.6 Å². The summed E-state index contributed by atoms with van der Waals surface area (Å²) in [7, 11) is 0. The van der Waals surface area contributed by atoms with Gasteiger partial charge in [0, 0.05) is 12.7 Å². The molecular formula is C9H10F4N2S. The van der Waals surface area contributed by atoms with Crippen LogP contribution in [0.15, 0.2) is 6.20 Å². The van der Waals surface area contributed by atoms with E-state index in [0.717, 1.165) is 6.20 Å². The van der Waals surface area contributed by atoms with Crippen LogP contribution in [0.5, 0.6) is 0 Å². The molecule has 0 aromatic carbocycles. The number of alkyl halides is 4. The predicted octanol–water partition coefficient (Wildman–Crippen LogP) is 2.71. The molecule has 1 aliphatic rings. The van der Waals surface area contributed by atoms with Crippen LogP contribution in [0.4, 0.5) is 17.6 Å². The van der Waals surface area contributed by atoms with Crippen molar-refractivity contribution in [2.45, 2.75) is 24.7 Å². The largest absolute Gasteiger partial charge is 0.443 e. The van der Waals surface area contributed by atoms with Gasteiger partial charge in [-0.15, -0.1) is 11.3 Å². The molecule has 1 atom stereocenters. The predicted molar refractivity (Wildman–Crippen MR) is 52.0 cm³/mol. The lowest BCUT2D eigenvalue weighted by molar-refractivity contribution is -0.137. The fraction of sp³-hybridized carbons (Fsp3) is 0.667. The molecule has 0 radical (unpaired) electrons. The molecule has 0 spiro atoms. The molecule has 0 saturated carbocycles. The molecule has 1 aromatic rings. The molecule has 7 heteroatoms. The van der Waals surface area contributed by atoms with Gasteiger partial charge in [0.05, 0.1) is 4.88 Å². The van der Waals surface area contributed by atoms with Gasteiger partial charge in [-0.05, 0) is 19.4 Å². The van der Waals surface area contributed by atoms with Gasteiger partial charge in [0.15, 0.2) is 10.7 Å². The lowest BCUT2D eigenvalue weighted by Gasteiger charge is -2.28. The van der Waals surface area contributed by atoms with Gasteiger partial charge in [-0.25, -0.2) is 9.37 Å². The summed E-state index contributed by atoms with van der Waals surface area (Å²) in [6.45, 7) is 0.767. The van der Waals surface area contributed by atoms with Crippen molar-refractivity contribution in [1.82, 2.24) is 10.3 Å². The van der Waals surface area contributed by atoms with Crippen molar-refractivity contribution >= 4 is 11.3 Å². The monoisotopic (exact) mass is 254 g/mol. The summed E-state index contributed by atoms with van der Waals surface area (Å²) in [5.74, 6) is 0. The number of halogens is 4. The van der Waals surface area contributed by atoms with Crippen molar-refractivity contribution in [1.29, 1.82) is 0 Å². The maximum Gasteiger partial charge on any atom is 0.443 e. The van der Waals surface area contributed by atoms with Crippen LogP contribution in [0.1, 0.15) is 22.7 Å². The fourth-order valence-electron chi connectivity index (χ4n) is 1.69. The van der Waals surface area contributed by atoms with E-state index in [2.05, 4.69) is 10.3 Å². The zero-order valence-corrected chi connectivity index (χ0v) is 9.09. The SMILES string of the molecule is FC(F)(F)c1ncc(C2(F)CCCNC2)s1. The summed E-state index contributed by atoms with van der Waals surface area (Å²) >= 11 is 0.394. The van der Waals surface area contributed by atoms with Crippen molar-refractivity contribution in [3.05, 3.63) is 16.1 Å². The molecule has 2 nitrogen and oxygen atoms in total. The van der Waals surface area contributed by atoms with E-state index in [4.69, 9.17) is 0 Å². The first-order valence-electron chi connectivity index (χ1n) is 4.85. The fourth-order valence-corrected chi connectivity index (χ4v) is 2.58. The minimum atomic E-state index is -4.48. The molecule has 1 unspecified atom stereocenters. The van der Waals surface area contributed by atoms with E-state index in [1.54, 1.807) is 0 Å². The smallest absolute Gasteiger partial charge is 0.313 e. The number of nitrogens with one attached hydrogen (secondary N) is 1. The lowest BCUT2D eigenvalue weighted by atomic mass is 9.95. The van der Waals surface area contributed by atoms with Gasteiger partial charge in [0.1, 0.15) is 0 Å². The van der Waals surface area contributed by atoms with Gasteiger partial charge in [0.25, 0.3) is 0 Å². The molecule has 0 aliphatic carbocycles. The van der Waals surface area contributed by atoms with Crippen LogP contribution in [0.3, 0.4) is 0 Å². The Bertz CT molecular complexity index is 368. The first kappa shape index (κ1) is 11.8. The van der Waals surface area contributed by atoms with Gasteiger partial charge in [-0.3, -0.25) is 0 Å². The van der Waals surface area contributed by atoms with Crippen molar-refractivity contribution in [2.75, 3.05) is 13.1 Å². The molecule has 1 N–H and O–H groups in total. The van der Waals surface area contributed by atoms with Crippen molar-refractivity contribution in [2.24, 2.45) is 0 Å². The Labute approximate surface area is 93.7 Å². The second-order valence-corrected chi connectivity index (χ2v) is 4.80. The molecule has 2 rings (SSSR count). The molecule has 2 heterocycles. The Morgan fingerprint density at radius 1 is 1.44 bits per heavy atom. The Morgan fingerprint density at radius 3 is 2.69 bits per heavy atom. The first-order chi connectivity index (χ1) is 7.42. The molecule has 90 valence electrons. The molecule has 1 fully saturated rings. The van der Waals surface area contributed by atoms with Crippen LogP contribution in [-0.2, 0) is 11.8 Å². The van der Waals surface area contributed by atoms with Gasteiger partial charge in [0.2, 0.25) is 0 Å². The van der Waals surface area contributed by atoms with E-state index < -0.39 is 16.9 Å². The summed E-state index contributed by atoms with van der Waals surface area (Å²) in [6.07, 6.45) is -2.61. The van der Waals surface area contributed by atoms with Crippen LogP contribution in [-0.4, -0.2) is 18.1 Å². The third-order valence-corrected chi connectivity index (χ3v) is 3.74. The standard InChI is InChI=1S/C9H10F4N2S/c10-8(2-1-3-14-5-8)6-4-15-7(16-6)9(11,12)13/h4,14H,1-3,5H2. The van der Waals surface area contributed by atoms with Gasteiger partial charge >= 0.3 is 6.18 Å². The number of piperidine rings is 1. The molecule has 1 saturated heterocycles. The number of nitrogens with zero attached hydrogens (tertiary/aromatic N) is 1. The van der Waals surface area contributed by atoms with E-state index in [9.17, 15) is 17.6 Å². The lowest BCUT2D eigenvalue weighted by Crippen LogP contribution is -2.39. The third kappa shape index (κ3) is 2.20. The topological polar surface area (TPSA) is 24.9 Å². The van der Waals surface area contributed by atoms with Crippen LogP contribution < -0.4 is 5.32 Å². The Hall–Kier alpha value is -0.690. The van der Waals surface area contributed by atoms with Crippen LogP contribution >= 0.6 is 11.3 Å². The summed E-state index contributed by atoms with van der Waals surface area (Å²) in [6, 6.07) is 0. The highest BCUT2D eigenvalue weighted by Gasteiger charge is 2.40. The van der Waals surface area contributed by atoms with E-state index in [1.807, 2.05) is 0 Å². The molecular weight excluding hydrogens is 244 g/mol. The molecule has 1 aliphatic heterocycles. The highest BCUT2D eigenvalue weighted by Crippen LogP contribution is 2.40. The van der Waals surface area contributed by atoms with E-state index in [0.29, 0.717) is 24.3 Å². The number of rotatable bonds is 1. The molecule has 1 aromatic heterocycles. The maximum atomic E-state index is 14.2. The first-order valence-corrected chi connectivity index (χ1v) is 5.67. The van der Waals surface area contributed by atoms with Crippen molar-refractivity contribution in [3.63, 3.8) is 0 Å². The average molecular weight is 254 g/mol. The number of aromatic nitrogens is 1. The number of hydrogen-bond donors (Lipinski definition) is 1. The summed E-state index contributed by atoms with van der Waals surface area (Å²) in [5.41, 5.74) is -1.70. The Balaban J connectivity index is 2.24. The normalized spacial score (nSPS) is 27.0. The summed E-state index contributed by atoms with van der Waals surface area (Å²) in [4.78, 5) is 3.30. The van der Waals surface area contributed by atoms with Crippen molar-refractivity contribution in [3.8, 4) is 0 Å². The average Bonchev–Trinajstić information content (AvgIpc) is 2.67. The Morgan fingerprint density at radius 2 is 2.19 bits per heavy atom. The summed E-state index contributed by atoms with van der Waals surface area (Å²) < 4.78 is 51.2. The maximum absolute atomic E-state index is 14.2. The van der Waals surface area contributed by atoms with E-state index in [-0.39, 0.29) is 17.8 Å². The Kier molecular flexibility index (Phi) is 2.91. The number of hydrogen-bond acceptors (Lipinski definition) is 3. The van der Waals surface area contributed by atoms with E-state index in [1.165, 1.54) is 0 Å². The second-order valence-electron chi connectivity index (χ2n) is 3.77. The summed E-state index contributed by atoms with van der Waals surface area (Å²) in [5, 5.41) is 1.86.